The molecule has 0 bridgehead atoms. The van der Waals surface area contributed by atoms with Crippen molar-refractivity contribution in [2.45, 2.75) is 71.0 Å². The van der Waals surface area contributed by atoms with Crippen LogP contribution in [0.5, 0.6) is 0 Å². The largest absolute Gasteiger partial charge is 0.352 e. The van der Waals surface area contributed by atoms with E-state index in [0.717, 1.165) is 27.4 Å². The zero-order chi connectivity index (χ0) is 28.6. The van der Waals surface area contributed by atoms with Crippen LogP contribution in [0.2, 0.25) is 0 Å². The van der Waals surface area contributed by atoms with Crippen LogP contribution in [0.4, 0.5) is 5.69 Å². The fourth-order valence-electron chi connectivity index (χ4n) is 4.40. The minimum absolute atomic E-state index is 0.0512. The van der Waals surface area contributed by atoms with Crippen LogP contribution in [0, 0.1) is 13.8 Å². The maximum atomic E-state index is 14.1. The van der Waals surface area contributed by atoms with Gasteiger partial charge in [0.15, 0.2) is 0 Å². The highest BCUT2D eigenvalue weighted by atomic mass is 32.2. The molecule has 3 aromatic rings. The molecule has 0 aliphatic carbocycles. The summed E-state index contributed by atoms with van der Waals surface area (Å²) in [5, 5.41) is 3.00. The molecule has 0 fully saturated rings. The Morgan fingerprint density at radius 1 is 0.846 bits per heavy atom. The molecule has 0 saturated carbocycles. The van der Waals surface area contributed by atoms with Gasteiger partial charge in [0.05, 0.1) is 10.6 Å². The minimum Gasteiger partial charge on any atom is -0.352 e. The van der Waals surface area contributed by atoms with Crippen LogP contribution in [0.25, 0.3) is 0 Å². The molecule has 0 heterocycles. The molecule has 0 saturated heterocycles. The van der Waals surface area contributed by atoms with Gasteiger partial charge in [-0.05, 0) is 69.0 Å². The van der Waals surface area contributed by atoms with Gasteiger partial charge < -0.3 is 10.2 Å². The average molecular weight is 550 g/mol. The van der Waals surface area contributed by atoms with Crippen LogP contribution in [0.15, 0.2) is 83.8 Å². The summed E-state index contributed by atoms with van der Waals surface area (Å²) in [6.45, 7) is 9.33. The highest BCUT2D eigenvalue weighted by molar-refractivity contribution is 7.92. The number of nitrogens with zero attached hydrogens (tertiary/aromatic N) is 2. The fraction of sp³-hybridized carbons (Fsp3) is 0.355. The van der Waals surface area contributed by atoms with Gasteiger partial charge in [0, 0.05) is 12.6 Å². The van der Waals surface area contributed by atoms with E-state index in [9.17, 15) is 18.0 Å². The van der Waals surface area contributed by atoms with E-state index in [1.165, 1.54) is 17.0 Å². The van der Waals surface area contributed by atoms with Gasteiger partial charge in [-0.1, -0.05) is 74.0 Å². The van der Waals surface area contributed by atoms with Crippen molar-refractivity contribution >= 4 is 27.5 Å². The maximum absolute atomic E-state index is 14.1. The molecule has 0 aliphatic rings. The van der Waals surface area contributed by atoms with Crippen LogP contribution in [-0.2, 0) is 26.2 Å². The standard InChI is InChI=1S/C31H39N3O4S/c1-6-25(5)32-31(36)29(7-2)33(21-26-15-11-13-23(3)19-26)30(35)22-34(27-16-12-14-24(4)20-27)39(37,38)28-17-9-8-10-18-28/h8-20,25,29H,6-7,21-22H2,1-5H3,(H,32,36)/t25-,29+/m0/s1. The molecular formula is C31H39N3O4S. The number of benzene rings is 3. The number of aryl methyl sites for hydroxylation is 2. The van der Waals surface area contributed by atoms with Gasteiger partial charge in [0.25, 0.3) is 10.0 Å². The summed E-state index contributed by atoms with van der Waals surface area (Å²) in [6.07, 6.45) is 1.14. The second kappa shape index (κ2) is 13.4. The molecule has 0 aliphatic heterocycles. The Labute approximate surface area is 232 Å². The van der Waals surface area contributed by atoms with Crippen LogP contribution in [0.1, 0.15) is 50.3 Å². The lowest BCUT2D eigenvalue weighted by Crippen LogP contribution is -2.53. The molecule has 0 radical (unpaired) electrons. The Hall–Kier alpha value is -3.65. The van der Waals surface area contributed by atoms with E-state index >= 15 is 0 Å². The van der Waals surface area contributed by atoms with Crippen molar-refractivity contribution < 1.29 is 18.0 Å². The first kappa shape index (κ1) is 29.9. The molecule has 2 amide bonds. The van der Waals surface area contributed by atoms with Gasteiger partial charge in [-0.3, -0.25) is 13.9 Å². The molecule has 0 spiro atoms. The fourth-order valence-corrected chi connectivity index (χ4v) is 5.83. The first-order chi connectivity index (χ1) is 18.6. The zero-order valence-electron chi connectivity index (χ0n) is 23.4. The Bertz CT molecular complexity index is 1380. The van der Waals surface area contributed by atoms with Crippen molar-refractivity contribution in [2.75, 3.05) is 10.8 Å². The summed E-state index contributed by atoms with van der Waals surface area (Å²) in [6, 6.07) is 22.1. The van der Waals surface area contributed by atoms with E-state index in [1.54, 1.807) is 36.4 Å². The molecule has 7 nitrogen and oxygen atoms in total. The van der Waals surface area contributed by atoms with Gasteiger partial charge >= 0.3 is 0 Å². The molecule has 1 N–H and O–H groups in total. The number of hydrogen-bond donors (Lipinski definition) is 1. The Morgan fingerprint density at radius 3 is 2.08 bits per heavy atom. The van der Waals surface area contributed by atoms with E-state index in [0.29, 0.717) is 12.1 Å². The Balaban J connectivity index is 2.05. The lowest BCUT2D eigenvalue weighted by atomic mass is 10.1. The predicted octanol–water partition coefficient (Wildman–Crippen LogP) is 5.22. The number of rotatable bonds is 12. The second-order valence-electron chi connectivity index (χ2n) is 9.92. The van der Waals surface area contributed by atoms with Gasteiger partial charge in [-0.2, -0.15) is 0 Å². The van der Waals surface area contributed by atoms with Crippen molar-refractivity contribution in [3.63, 3.8) is 0 Å². The molecule has 0 aromatic heterocycles. The number of sulfonamides is 1. The smallest absolute Gasteiger partial charge is 0.264 e. The highest BCUT2D eigenvalue weighted by Gasteiger charge is 2.34. The lowest BCUT2D eigenvalue weighted by Gasteiger charge is -2.34. The topological polar surface area (TPSA) is 86.8 Å². The van der Waals surface area contributed by atoms with Crippen LogP contribution < -0.4 is 9.62 Å². The normalized spacial score (nSPS) is 12.8. The number of carbonyl (C=O) groups excluding carboxylic acids is 2. The summed E-state index contributed by atoms with van der Waals surface area (Å²) >= 11 is 0. The first-order valence-corrected chi connectivity index (χ1v) is 14.8. The van der Waals surface area contributed by atoms with E-state index in [-0.39, 0.29) is 23.4 Å². The Kier molecular flexibility index (Phi) is 10.3. The summed E-state index contributed by atoms with van der Waals surface area (Å²) in [5.41, 5.74) is 3.15. The second-order valence-corrected chi connectivity index (χ2v) is 11.8. The maximum Gasteiger partial charge on any atom is 0.264 e. The number of nitrogens with one attached hydrogen (secondary N) is 1. The number of amides is 2. The van der Waals surface area contributed by atoms with Crippen molar-refractivity contribution in [2.24, 2.45) is 0 Å². The van der Waals surface area contributed by atoms with E-state index in [2.05, 4.69) is 5.32 Å². The third-order valence-corrected chi connectivity index (χ3v) is 8.51. The average Bonchev–Trinajstić information content (AvgIpc) is 2.91. The van der Waals surface area contributed by atoms with E-state index in [4.69, 9.17) is 0 Å². The van der Waals surface area contributed by atoms with Gasteiger partial charge in [0.2, 0.25) is 11.8 Å². The Morgan fingerprint density at radius 2 is 1.49 bits per heavy atom. The zero-order valence-corrected chi connectivity index (χ0v) is 24.2. The minimum atomic E-state index is -4.07. The highest BCUT2D eigenvalue weighted by Crippen LogP contribution is 2.25. The van der Waals surface area contributed by atoms with Crippen LogP contribution in [0.3, 0.4) is 0 Å². The molecule has 208 valence electrons. The van der Waals surface area contributed by atoms with Gasteiger partial charge in [0.1, 0.15) is 12.6 Å². The SMILES string of the molecule is CC[C@H](C(=O)N[C@@H](C)CC)N(Cc1cccc(C)c1)C(=O)CN(c1cccc(C)c1)S(=O)(=O)c1ccccc1. The van der Waals surface area contributed by atoms with Crippen molar-refractivity contribution in [1.29, 1.82) is 0 Å². The van der Waals surface area contributed by atoms with Crippen LogP contribution >= 0.6 is 0 Å². The quantitative estimate of drug-likeness (QED) is 0.336. The molecule has 2 atom stereocenters. The predicted molar refractivity (Wildman–Crippen MR) is 156 cm³/mol. The van der Waals surface area contributed by atoms with Gasteiger partial charge in [-0.25, -0.2) is 8.42 Å². The van der Waals surface area contributed by atoms with Crippen molar-refractivity contribution in [3.8, 4) is 0 Å². The molecule has 0 unspecified atom stereocenters. The van der Waals surface area contributed by atoms with Crippen LogP contribution in [-0.4, -0.2) is 43.8 Å². The molecular weight excluding hydrogens is 510 g/mol. The molecule has 3 aromatic carbocycles. The monoisotopic (exact) mass is 549 g/mol. The third kappa shape index (κ3) is 7.69. The summed E-state index contributed by atoms with van der Waals surface area (Å²) in [5.74, 6) is -0.704. The summed E-state index contributed by atoms with van der Waals surface area (Å²) in [7, 11) is -4.07. The molecule has 39 heavy (non-hydrogen) atoms. The van der Waals surface area contributed by atoms with E-state index in [1.807, 2.05) is 65.0 Å². The number of anilines is 1. The van der Waals surface area contributed by atoms with Crippen molar-refractivity contribution in [1.82, 2.24) is 10.2 Å². The van der Waals surface area contributed by atoms with E-state index < -0.39 is 28.5 Å². The third-order valence-electron chi connectivity index (χ3n) is 6.72. The number of hydrogen-bond acceptors (Lipinski definition) is 4. The molecule has 3 rings (SSSR count). The first-order valence-electron chi connectivity index (χ1n) is 13.4. The summed E-state index contributed by atoms with van der Waals surface area (Å²) < 4.78 is 28.8. The molecule has 8 heteroatoms. The lowest BCUT2D eigenvalue weighted by molar-refractivity contribution is -0.140. The number of carbonyl (C=O) groups is 2. The van der Waals surface area contributed by atoms with Crippen molar-refractivity contribution in [3.05, 3.63) is 95.6 Å². The van der Waals surface area contributed by atoms with Gasteiger partial charge in [-0.15, -0.1) is 0 Å². The summed E-state index contributed by atoms with van der Waals surface area (Å²) in [4.78, 5) is 29.0.